The van der Waals surface area contributed by atoms with Gasteiger partial charge in [-0.2, -0.15) is 0 Å². The van der Waals surface area contributed by atoms with Gasteiger partial charge < -0.3 is 10.4 Å². The van der Waals surface area contributed by atoms with Crippen molar-refractivity contribution in [3.63, 3.8) is 0 Å². The van der Waals surface area contributed by atoms with E-state index in [9.17, 15) is 5.11 Å². The number of hydrogen-bond acceptors (Lipinski definition) is 2. The van der Waals surface area contributed by atoms with Crippen LogP contribution in [0.1, 0.15) is 46.8 Å². The van der Waals surface area contributed by atoms with Crippen molar-refractivity contribution in [2.24, 2.45) is 0 Å². The summed E-state index contributed by atoms with van der Waals surface area (Å²) in [6.07, 6.45) is 0.407. The van der Waals surface area contributed by atoms with Crippen LogP contribution in [0.25, 0.3) is 0 Å². The molecule has 0 saturated heterocycles. The first-order valence-corrected chi connectivity index (χ1v) is 7.65. The Balaban J connectivity index is 1.81. The lowest BCUT2D eigenvalue weighted by Crippen LogP contribution is -2.31. The van der Waals surface area contributed by atoms with E-state index in [1.165, 1.54) is 27.8 Å². The van der Waals surface area contributed by atoms with Gasteiger partial charge in [-0.3, -0.25) is 0 Å². The van der Waals surface area contributed by atoms with Gasteiger partial charge >= 0.3 is 0 Å². The first kappa shape index (κ1) is 14.3. The topological polar surface area (TPSA) is 32.3 Å². The lowest BCUT2D eigenvalue weighted by molar-refractivity contribution is 0.136. The molecule has 2 aromatic rings. The molecule has 0 aromatic heterocycles. The molecule has 0 spiro atoms. The van der Waals surface area contributed by atoms with Crippen molar-refractivity contribution in [3.8, 4) is 0 Å². The summed E-state index contributed by atoms with van der Waals surface area (Å²) in [5.41, 5.74) is 6.40. The Morgan fingerprint density at radius 3 is 2.62 bits per heavy atom. The van der Waals surface area contributed by atoms with Gasteiger partial charge in [0.15, 0.2) is 0 Å². The Kier molecular flexibility index (Phi) is 3.83. The lowest BCUT2D eigenvalue weighted by atomic mass is 10.00. The predicted octanol–water partition coefficient (Wildman–Crippen LogP) is 3.61. The molecular formula is C19H23NO. The third kappa shape index (κ3) is 2.74. The van der Waals surface area contributed by atoms with Gasteiger partial charge in [0.1, 0.15) is 0 Å². The molecule has 110 valence electrons. The summed E-state index contributed by atoms with van der Waals surface area (Å²) in [5.74, 6) is 0. The molecule has 3 atom stereocenters. The van der Waals surface area contributed by atoms with Crippen molar-refractivity contribution < 1.29 is 5.11 Å². The molecule has 2 nitrogen and oxygen atoms in total. The van der Waals surface area contributed by atoms with Crippen molar-refractivity contribution in [1.29, 1.82) is 0 Å². The zero-order valence-electron chi connectivity index (χ0n) is 12.9. The van der Waals surface area contributed by atoms with Gasteiger partial charge in [0.2, 0.25) is 0 Å². The Labute approximate surface area is 126 Å². The number of benzene rings is 2. The Morgan fingerprint density at radius 2 is 1.86 bits per heavy atom. The fourth-order valence-electron chi connectivity index (χ4n) is 3.17. The highest BCUT2D eigenvalue weighted by Crippen LogP contribution is 2.33. The van der Waals surface area contributed by atoms with E-state index in [-0.39, 0.29) is 18.2 Å². The van der Waals surface area contributed by atoms with E-state index in [2.05, 4.69) is 56.4 Å². The molecule has 21 heavy (non-hydrogen) atoms. The third-order valence-electron chi connectivity index (χ3n) is 4.66. The molecule has 3 rings (SSSR count). The van der Waals surface area contributed by atoms with Crippen LogP contribution in [0.5, 0.6) is 0 Å². The van der Waals surface area contributed by atoms with Gasteiger partial charge in [-0.05, 0) is 48.6 Å². The fraction of sp³-hybridized carbons (Fsp3) is 0.368. The van der Waals surface area contributed by atoms with Crippen LogP contribution in [-0.4, -0.2) is 11.2 Å². The van der Waals surface area contributed by atoms with Crippen LogP contribution in [0.4, 0.5) is 0 Å². The van der Waals surface area contributed by atoms with E-state index in [0.717, 1.165) is 6.42 Å². The largest absolute Gasteiger partial charge is 0.391 e. The molecule has 2 aromatic carbocycles. The molecule has 0 amide bonds. The maximum Gasteiger partial charge on any atom is 0.0775 e. The van der Waals surface area contributed by atoms with Crippen LogP contribution in [-0.2, 0) is 6.42 Å². The molecule has 2 heteroatoms. The Bertz CT molecular complexity index is 650. The number of aliphatic hydroxyl groups excluding tert-OH is 1. The van der Waals surface area contributed by atoms with Crippen LogP contribution in [0.3, 0.4) is 0 Å². The summed E-state index contributed by atoms with van der Waals surface area (Å²) in [6, 6.07) is 15.1. The van der Waals surface area contributed by atoms with Crippen LogP contribution in [0.2, 0.25) is 0 Å². The lowest BCUT2D eigenvalue weighted by Gasteiger charge is -2.24. The summed E-state index contributed by atoms with van der Waals surface area (Å²) < 4.78 is 0. The standard InChI is InChI=1S/C19H23NO/c1-12-8-9-15(10-13(12)2)14(3)20-19-17-7-5-4-6-16(17)11-18(19)21/h4-10,14,18-21H,11H2,1-3H3. The summed E-state index contributed by atoms with van der Waals surface area (Å²) in [5, 5.41) is 13.9. The first-order chi connectivity index (χ1) is 10.1. The summed E-state index contributed by atoms with van der Waals surface area (Å²) in [4.78, 5) is 0. The summed E-state index contributed by atoms with van der Waals surface area (Å²) in [7, 11) is 0. The minimum atomic E-state index is -0.337. The Hall–Kier alpha value is -1.64. The van der Waals surface area contributed by atoms with E-state index >= 15 is 0 Å². The molecule has 0 fully saturated rings. The number of nitrogens with one attached hydrogen (secondary N) is 1. The minimum Gasteiger partial charge on any atom is -0.391 e. The third-order valence-corrected chi connectivity index (χ3v) is 4.66. The highest BCUT2D eigenvalue weighted by molar-refractivity contribution is 5.37. The second-order valence-electron chi connectivity index (χ2n) is 6.18. The Morgan fingerprint density at radius 1 is 1.10 bits per heavy atom. The molecule has 1 aliphatic carbocycles. The number of hydrogen-bond donors (Lipinski definition) is 2. The fourth-order valence-corrected chi connectivity index (χ4v) is 3.17. The molecule has 0 aliphatic heterocycles. The first-order valence-electron chi connectivity index (χ1n) is 7.65. The van der Waals surface area contributed by atoms with Gasteiger partial charge in [-0.15, -0.1) is 0 Å². The number of aryl methyl sites for hydroxylation is 2. The molecule has 0 bridgehead atoms. The molecule has 3 unspecified atom stereocenters. The van der Waals surface area contributed by atoms with Gasteiger partial charge in [0.05, 0.1) is 12.1 Å². The van der Waals surface area contributed by atoms with Crippen LogP contribution < -0.4 is 5.32 Å². The average Bonchev–Trinajstić information content (AvgIpc) is 2.78. The number of fused-ring (bicyclic) bond motifs is 1. The van der Waals surface area contributed by atoms with E-state index in [1.54, 1.807) is 0 Å². The van der Waals surface area contributed by atoms with Crippen LogP contribution in [0.15, 0.2) is 42.5 Å². The van der Waals surface area contributed by atoms with E-state index in [0.29, 0.717) is 0 Å². The highest BCUT2D eigenvalue weighted by atomic mass is 16.3. The maximum atomic E-state index is 10.3. The van der Waals surface area contributed by atoms with Crippen molar-refractivity contribution in [2.75, 3.05) is 0 Å². The second kappa shape index (κ2) is 5.63. The molecule has 0 radical (unpaired) electrons. The predicted molar refractivity (Wildman–Crippen MR) is 86.4 cm³/mol. The number of rotatable bonds is 3. The molecule has 0 heterocycles. The van der Waals surface area contributed by atoms with E-state index < -0.39 is 0 Å². The molecule has 1 aliphatic rings. The van der Waals surface area contributed by atoms with Crippen molar-refractivity contribution in [2.45, 2.75) is 45.4 Å². The second-order valence-corrected chi connectivity index (χ2v) is 6.18. The van der Waals surface area contributed by atoms with Crippen molar-refractivity contribution >= 4 is 0 Å². The SMILES string of the molecule is Cc1ccc(C(C)NC2c3ccccc3CC2O)cc1C. The monoisotopic (exact) mass is 281 g/mol. The van der Waals surface area contributed by atoms with Crippen molar-refractivity contribution in [1.82, 2.24) is 5.32 Å². The van der Waals surface area contributed by atoms with Crippen LogP contribution >= 0.6 is 0 Å². The van der Waals surface area contributed by atoms with E-state index in [1.807, 2.05) is 12.1 Å². The summed E-state index contributed by atoms with van der Waals surface area (Å²) in [6.45, 7) is 6.44. The van der Waals surface area contributed by atoms with E-state index in [4.69, 9.17) is 0 Å². The zero-order valence-corrected chi connectivity index (χ0v) is 12.9. The molecular weight excluding hydrogens is 258 g/mol. The average molecular weight is 281 g/mol. The van der Waals surface area contributed by atoms with Gasteiger partial charge in [-0.1, -0.05) is 42.5 Å². The quantitative estimate of drug-likeness (QED) is 0.900. The maximum absolute atomic E-state index is 10.3. The van der Waals surface area contributed by atoms with Gasteiger partial charge in [0.25, 0.3) is 0 Å². The van der Waals surface area contributed by atoms with Crippen LogP contribution in [0, 0.1) is 13.8 Å². The minimum absolute atomic E-state index is 0.0257. The highest BCUT2D eigenvalue weighted by Gasteiger charge is 2.31. The van der Waals surface area contributed by atoms with Gasteiger partial charge in [-0.25, -0.2) is 0 Å². The number of aliphatic hydroxyl groups is 1. The summed E-state index contributed by atoms with van der Waals surface area (Å²) >= 11 is 0. The molecule has 2 N–H and O–H groups in total. The van der Waals surface area contributed by atoms with Crippen molar-refractivity contribution in [3.05, 3.63) is 70.3 Å². The zero-order chi connectivity index (χ0) is 15.0. The molecule has 0 saturated carbocycles. The smallest absolute Gasteiger partial charge is 0.0775 e. The normalized spacial score (nSPS) is 22.1. The van der Waals surface area contributed by atoms with Gasteiger partial charge in [0, 0.05) is 12.5 Å².